The molecular weight excluding hydrogens is 540 g/mol. The summed E-state index contributed by atoms with van der Waals surface area (Å²) in [6.07, 6.45) is 0.256. The zero-order valence-electron chi connectivity index (χ0n) is 26.4. The molecule has 0 spiro atoms. The highest BCUT2D eigenvalue weighted by atomic mass is 32.2. The molecule has 0 radical (unpaired) electrons. The molecule has 0 saturated carbocycles. The van der Waals surface area contributed by atoms with Gasteiger partial charge in [-0.2, -0.15) is 0 Å². The first kappa shape index (κ1) is 34.1. The van der Waals surface area contributed by atoms with Crippen molar-refractivity contribution in [2.45, 2.75) is 132 Å². The second-order valence-corrected chi connectivity index (χ2v) is 17.6. The first-order valence-corrected chi connectivity index (χ1v) is 15.5. The number of thioether (sulfide) groups is 2. The molecule has 2 aromatic rings. The van der Waals surface area contributed by atoms with E-state index in [1.54, 1.807) is 23.5 Å². The van der Waals surface area contributed by atoms with Gasteiger partial charge in [-0.3, -0.25) is 9.59 Å². The van der Waals surface area contributed by atoms with Crippen molar-refractivity contribution in [2.75, 3.05) is 0 Å². The monoisotopic (exact) mass is 588 g/mol. The number of aliphatic carboxylic acids is 1. The Morgan fingerprint density at radius 3 is 1.55 bits per heavy atom. The van der Waals surface area contributed by atoms with Crippen molar-refractivity contribution >= 4 is 35.5 Å². The molecule has 0 bridgehead atoms. The third-order valence-corrected chi connectivity index (χ3v) is 8.94. The van der Waals surface area contributed by atoms with Crippen LogP contribution in [0.3, 0.4) is 0 Å². The van der Waals surface area contributed by atoms with E-state index in [2.05, 4.69) is 100 Å². The Labute approximate surface area is 249 Å². The van der Waals surface area contributed by atoms with Crippen LogP contribution in [0.5, 0.6) is 11.5 Å². The molecule has 0 aromatic heterocycles. The van der Waals surface area contributed by atoms with Crippen molar-refractivity contribution in [3.05, 3.63) is 46.5 Å². The highest BCUT2D eigenvalue weighted by Gasteiger charge is 2.30. The summed E-state index contributed by atoms with van der Waals surface area (Å²) in [6.45, 7) is 25.4. The van der Waals surface area contributed by atoms with E-state index in [1.807, 2.05) is 6.92 Å². The topological polar surface area (TPSA) is 83.8 Å². The Balaban J connectivity index is 2.50. The Morgan fingerprint density at radius 2 is 1.15 bits per heavy atom. The SMILES string of the molecule is CCc1cc(SC(C)(C)Sc2cc(C(C)(C)C)c(O)c(C(C)(C)C)c2)cc(C(C)(C)C)c1OC(=O)CCC(=O)O. The van der Waals surface area contributed by atoms with Crippen LogP contribution in [-0.2, 0) is 32.3 Å². The van der Waals surface area contributed by atoms with E-state index in [4.69, 9.17) is 9.84 Å². The van der Waals surface area contributed by atoms with Crippen molar-refractivity contribution in [3.63, 3.8) is 0 Å². The van der Waals surface area contributed by atoms with Crippen LogP contribution in [0.2, 0.25) is 0 Å². The summed E-state index contributed by atoms with van der Waals surface area (Å²) in [4.78, 5) is 25.6. The number of phenols is 1. The maximum atomic E-state index is 12.5. The predicted molar refractivity (Wildman–Crippen MR) is 168 cm³/mol. The normalized spacial score (nSPS) is 12.9. The van der Waals surface area contributed by atoms with Gasteiger partial charge in [0.1, 0.15) is 11.5 Å². The number of aryl methyl sites for hydroxylation is 1. The Hall–Kier alpha value is -2.12. The van der Waals surface area contributed by atoms with Crippen LogP contribution in [0.15, 0.2) is 34.1 Å². The Bertz CT molecular complexity index is 1210. The average molecular weight is 589 g/mol. The molecule has 40 heavy (non-hydrogen) atoms. The molecule has 0 aliphatic heterocycles. The molecule has 0 unspecified atom stereocenters. The van der Waals surface area contributed by atoms with Gasteiger partial charge in [0.05, 0.1) is 16.9 Å². The van der Waals surface area contributed by atoms with Crippen molar-refractivity contribution in [1.29, 1.82) is 0 Å². The molecule has 2 N–H and O–H groups in total. The van der Waals surface area contributed by atoms with Crippen LogP contribution in [0.25, 0.3) is 0 Å². The van der Waals surface area contributed by atoms with E-state index in [9.17, 15) is 14.7 Å². The van der Waals surface area contributed by atoms with Gasteiger partial charge in [-0.25, -0.2) is 0 Å². The van der Waals surface area contributed by atoms with Crippen molar-refractivity contribution < 1.29 is 24.5 Å². The van der Waals surface area contributed by atoms with Crippen LogP contribution in [0.4, 0.5) is 0 Å². The molecule has 0 saturated heterocycles. The van der Waals surface area contributed by atoms with Crippen molar-refractivity contribution in [1.82, 2.24) is 0 Å². The van der Waals surface area contributed by atoms with Crippen molar-refractivity contribution in [3.8, 4) is 11.5 Å². The van der Waals surface area contributed by atoms with E-state index in [-0.39, 0.29) is 33.2 Å². The van der Waals surface area contributed by atoms with E-state index < -0.39 is 11.9 Å². The number of hydrogen-bond donors (Lipinski definition) is 2. The quantitative estimate of drug-likeness (QED) is 0.131. The number of carboxylic acid groups (broad SMARTS) is 1. The van der Waals surface area contributed by atoms with Gasteiger partial charge in [0.2, 0.25) is 0 Å². The molecule has 2 aromatic carbocycles. The van der Waals surface area contributed by atoms with E-state index in [1.165, 1.54) is 0 Å². The highest BCUT2D eigenvalue weighted by molar-refractivity contribution is 8.18. The molecule has 5 nitrogen and oxygen atoms in total. The minimum Gasteiger partial charge on any atom is -0.507 e. The van der Waals surface area contributed by atoms with Gasteiger partial charge >= 0.3 is 11.9 Å². The van der Waals surface area contributed by atoms with Crippen LogP contribution >= 0.6 is 23.5 Å². The first-order valence-electron chi connectivity index (χ1n) is 13.9. The molecule has 7 heteroatoms. The van der Waals surface area contributed by atoms with Gasteiger partial charge in [0.15, 0.2) is 0 Å². The van der Waals surface area contributed by atoms with Crippen LogP contribution in [0, 0.1) is 0 Å². The van der Waals surface area contributed by atoms with Gasteiger partial charge in [-0.05, 0) is 66.3 Å². The zero-order chi connectivity index (χ0) is 30.8. The summed E-state index contributed by atoms with van der Waals surface area (Å²) in [5, 5.41) is 20.1. The third-order valence-electron chi connectivity index (χ3n) is 6.51. The molecular formula is C33H48O5S2. The zero-order valence-corrected chi connectivity index (χ0v) is 28.0. The fourth-order valence-corrected chi connectivity index (χ4v) is 7.04. The van der Waals surface area contributed by atoms with Gasteiger partial charge in [0.25, 0.3) is 0 Å². The number of carbonyl (C=O) groups excluding carboxylic acids is 1. The third kappa shape index (κ3) is 9.20. The van der Waals surface area contributed by atoms with Gasteiger partial charge in [-0.15, -0.1) is 23.5 Å². The summed E-state index contributed by atoms with van der Waals surface area (Å²) >= 11 is 3.53. The van der Waals surface area contributed by atoms with Crippen LogP contribution in [0.1, 0.15) is 118 Å². The number of ether oxygens (including phenoxy) is 1. The summed E-state index contributed by atoms with van der Waals surface area (Å²) in [5.41, 5.74) is 3.05. The molecule has 222 valence electrons. The lowest BCUT2D eigenvalue weighted by molar-refractivity contribution is -0.142. The number of hydrogen-bond acceptors (Lipinski definition) is 6. The summed E-state index contributed by atoms with van der Waals surface area (Å²) < 4.78 is 5.54. The number of aromatic hydroxyl groups is 1. The minimum atomic E-state index is -1.02. The molecule has 0 aliphatic carbocycles. The van der Waals surface area contributed by atoms with Gasteiger partial charge < -0.3 is 14.9 Å². The first-order chi connectivity index (χ1) is 18.0. The molecule has 0 fully saturated rings. The molecule has 0 atom stereocenters. The standard InChI is InChI=1S/C33H48O5S2/c1-13-20-16-21(19-25(32(8,9)10)29(20)38-27(36)15-14-26(34)35)39-33(11,12)40-22-17-23(30(2,3)4)28(37)24(18-22)31(5,6)7/h16-19,37H,13-15H2,1-12H3,(H,34,35). The number of carbonyl (C=O) groups is 2. The van der Waals surface area contributed by atoms with E-state index >= 15 is 0 Å². The highest BCUT2D eigenvalue weighted by Crippen LogP contribution is 2.50. The maximum absolute atomic E-state index is 12.5. The maximum Gasteiger partial charge on any atom is 0.311 e. The Morgan fingerprint density at radius 1 is 0.725 bits per heavy atom. The lowest BCUT2D eigenvalue weighted by Gasteiger charge is -2.31. The molecule has 0 aliphatic rings. The summed E-state index contributed by atoms with van der Waals surface area (Å²) in [5.74, 6) is -0.627. The largest absolute Gasteiger partial charge is 0.507 e. The van der Waals surface area contributed by atoms with E-state index in [0.717, 1.165) is 32.0 Å². The fourth-order valence-electron chi connectivity index (χ4n) is 4.43. The lowest BCUT2D eigenvalue weighted by Crippen LogP contribution is -2.19. The number of rotatable bonds is 9. The van der Waals surface area contributed by atoms with Crippen LogP contribution in [-0.4, -0.2) is 26.2 Å². The van der Waals surface area contributed by atoms with Crippen LogP contribution < -0.4 is 4.74 Å². The molecule has 2 rings (SSSR count). The lowest BCUT2D eigenvalue weighted by atomic mass is 9.79. The Kier molecular flexibility index (Phi) is 10.6. The smallest absolute Gasteiger partial charge is 0.311 e. The van der Waals surface area contributed by atoms with Gasteiger partial charge in [-0.1, -0.05) is 69.2 Å². The fraction of sp³-hybridized carbons (Fsp3) is 0.576. The average Bonchev–Trinajstić information content (AvgIpc) is 2.76. The molecule has 0 heterocycles. The second kappa shape index (κ2) is 12.4. The number of phenolic OH excluding ortho intramolecular Hbond substituents is 1. The predicted octanol–water partition coefficient (Wildman–Crippen LogP) is 9.24. The second-order valence-electron chi connectivity index (χ2n) is 13.9. The number of esters is 1. The molecule has 0 amide bonds. The minimum absolute atomic E-state index is 0.165. The summed E-state index contributed by atoms with van der Waals surface area (Å²) in [7, 11) is 0. The van der Waals surface area contributed by atoms with Crippen molar-refractivity contribution in [2.24, 2.45) is 0 Å². The summed E-state index contributed by atoms with van der Waals surface area (Å²) in [6, 6.07) is 8.43. The van der Waals surface area contributed by atoms with Gasteiger partial charge in [0, 0.05) is 26.5 Å². The number of benzene rings is 2. The number of carboxylic acids is 1. The van der Waals surface area contributed by atoms with E-state index in [0.29, 0.717) is 17.9 Å².